The standard InChI is InChI=1S/C24H29ClN4O5S/c1-14-19(28(11-10-26-14)23(31)24(2,3)4)18-20(32-5)22(34-13-15-8-9-17(25)35-15)29(27-18)21(30)16-7-6-12-33-16/h6-9,12,14,19,26H,10-11,13H2,1-5H3. The van der Waals surface area contributed by atoms with Crippen LogP contribution in [-0.4, -0.2) is 52.7 Å². The minimum atomic E-state index is -0.590. The fourth-order valence-corrected chi connectivity index (χ4v) is 5.10. The van der Waals surface area contributed by atoms with Gasteiger partial charge in [0.2, 0.25) is 11.7 Å². The van der Waals surface area contributed by atoms with E-state index in [2.05, 4.69) is 10.4 Å². The maximum Gasteiger partial charge on any atom is 0.317 e. The third-order valence-electron chi connectivity index (χ3n) is 5.75. The predicted molar refractivity (Wildman–Crippen MR) is 132 cm³/mol. The first-order valence-electron chi connectivity index (χ1n) is 11.3. The molecule has 1 saturated heterocycles. The lowest BCUT2D eigenvalue weighted by atomic mass is 9.91. The van der Waals surface area contributed by atoms with Gasteiger partial charge in [0.05, 0.1) is 23.8 Å². The van der Waals surface area contributed by atoms with Crippen LogP contribution in [0.4, 0.5) is 0 Å². The topological polar surface area (TPSA) is 98.8 Å². The highest BCUT2D eigenvalue weighted by Gasteiger charge is 2.42. The average Bonchev–Trinajstić information content (AvgIpc) is 3.56. The van der Waals surface area contributed by atoms with E-state index in [9.17, 15) is 9.59 Å². The molecule has 0 saturated carbocycles. The molecule has 4 heterocycles. The summed E-state index contributed by atoms with van der Waals surface area (Å²) in [5, 5.41) is 8.05. The van der Waals surface area contributed by atoms with Crippen molar-refractivity contribution in [2.75, 3.05) is 20.2 Å². The van der Waals surface area contributed by atoms with E-state index in [0.29, 0.717) is 28.9 Å². The van der Waals surface area contributed by atoms with Crippen LogP contribution in [0.2, 0.25) is 4.34 Å². The van der Waals surface area contributed by atoms with Crippen molar-refractivity contribution in [2.45, 2.75) is 46.4 Å². The first-order valence-corrected chi connectivity index (χ1v) is 12.5. The van der Waals surface area contributed by atoms with Crippen LogP contribution >= 0.6 is 22.9 Å². The Kier molecular flexibility index (Phi) is 7.25. The summed E-state index contributed by atoms with van der Waals surface area (Å²) in [6, 6.07) is 6.19. The molecule has 0 aliphatic carbocycles. The first-order chi connectivity index (χ1) is 16.6. The summed E-state index contributed by atoms with van der Waals surface area (Å²) in [7, 11) is 1.49. The van der Waals surface area contributed by atoms with E-state index in [1.165, 1.54) is 24.7 Å². The van der Waals surface area contributed by atoms with E-state index in [0.717, 1.165) is 9.56 Å². The van der Waals surface area contributed by atoms with Crippen LogP contribution in [0, 0.1) is 5.41 Å². The van der Waals surface area contributed by atoms with Gasteiger partial charge in [0, 0.05) is 29.4 Å². The lowest BCUT2D eigenvalue weighted by Gasteiger charge is -2.42. The maximum absolute atomic E-state index is 13.4. The fraction of sp³-hybridized carbons (Fsp3) is 0.458. The highest BCUT2D eigenvalue weighted by atomic mass is 35.5. The van der Waals surface area contributed by atoms with Crippen molar-refractivity contribution in [3.05, 3.63) is 51.2 Å². The number of aromatic nitrogens is 2. The number of amides is 1. The van der Waals surface area contributed by atoms with Gasteiger partial charge in [0.15, 0.2) is 5.76 Å². The molecular formula is C24H29ClN4O5S. The number of hydrogen-bond acceptors (Lipinski definition) is 8. The molecule has 1 amide bonds. The molecule has 2 unspecified atom stereocenters. The van der Waals surface area contributed by atoms with Crippen molar-refractivity contribution in [1.29, 1.82) is 0 Å². The summed E-state index contributed by atoms with van der Waals surface area (Å²) in [6.07, 6.45) is 1.42. The number of piperazine rings is 1. The molecule has 0 spiro atoms. The summed E-state index contributed by atoms with van der Waals surface area (Å²) >= 11 is 7.44. The number of ether oxygens (including phenoxy) is 2. The van der Waals surface area contributed by atoms with Crippen LogP contribution in [0.3, 0.4) is 0 Å². The largest absolute Gasteiger partial charge is 0.490 e. The fourth-order valence-electron chi connectivity index (χ4n) is 4.10. The second kappa shape index (κ2) is 10.0. The number of halogens is 1. The molecule has 0 aromatic carbocycles. The van der Waals surface area contributed by atoms with Crippen LogP contribution in [0.1, 0.15) is 54.9 Å². The second-order valence-corrected chi connectivity index (χ2v) is 11.1. The number of nitrogens with one attached hydrogen (secondary N) is 1. The summed E-state index contributed by atoms with van der Waals surface area (Å²) < 4.78 is 18.9. The molecule has 0 bridgehead atoms. The minimum absolute atomic E-state index is 0.0134. The smallest absolute Gasteiger partial charge is 0.317 e. The lowest BCUT2D eigenvalue weighted by Crippen LogP contribution is -2.56. The Morgan fingerprint density at radius 3 is 2.69 bits per heavy atom. The molecule has 3 aromatic heterocycles. The monoisotopic (exact) mass is 520 g/mol. The average molecular weight is 521 g/mol. The van der Waals surface area contributed by atoms with Crippen LogP contribution < -0.4 is 14.8 Å². The zero-order chi connectivity index (χ0) is 25.3. The van der Waals surface area contributed by atoms with E-state index in [-0.39, 0.29) is 30.2 Å². The van der Waals surface area contributed by atoms with Gasteiger partial charge < -0.3 is 24.1 Å². The van der Waals surface area contributed by atoms with Gasteiger partial charge in [0.25, 0.3) is 5.88 Å². The Morgan fingerprint density at radius 1 is 1.31 bits per heavy atom. The molecule has 1 fully saturated rings. The lowest BCUT2D eigenvalue weighted by molar-refractivity contribution is -0.144. The van der Waals surface area contributed by atoms with Crippen LogP contribution in [-0.2, 0) is 11.4 Å². The second-order valence-electron chi connectivity index (χ2n) is 9.35. The van der Waals surface area contributed by atoms with Crippen molar-refractivity contribution in [1.82, 2.24) is 20.0 Å². The molecule has 188 valence electrons. The molecule has 4 rings (SSSR count). The zero-order valence-electron chi connectivity index (χ0n) is 20.3. The van der Waals surface area contributed by atoms with Gasteiger partial charge in [-0.05, 0) is 31.2 Å². The summed E-state index contributed by atoms with van der Waals surface area (Å²) in [5.41, 5.74) is -0.156. The van der Waals surface area contributed by atoms with Gasteiger partial charge in [-0.3, -0.25) is 9.59 Å². The van der Waals surface area contributed by atoms with Crippen molar-refractivity contribution in [3.63, 3.8) is 0 Å². The van der Waals surface area contributed by atoms with E-state index < -0.39 is 17.4 Å². The molecular weight excluding hydrogens is 492 g/mol. The number of methoxy groups -OCH3 is 1. The molecule has 2 atom stereocenters. The number of carbonyl (C=O) groups excluding carboxylic acids is 2. The quantitative estimate of drug-likeness (QED) is 0.515. The van der Waals surface area contributed by atoms with E-state index in [1.54, 1.807) is 23.1 Å². The normalized spacial score (nSPS) is 18.5. The van der Waals surface area contributed by atoms with Crippen LogP contribution in [0.25, 0.3) is 0 Å². The highest BCUT2D eigenvalue weighted by molar-refractivity contribution is 7.16. The Morgan fingerprint density at radius 2 is 2.09 bits per heavy atom. The van der Waals surface area contributed by atoms with Crippen LogP contribution in [0.15, 0.2) is 34.9 Å². The number of thiophene rings is 1. The molecule has 11 heteroatoms. The summed E-state index contributed by atoms with van der Waals surface area (Å²) in [4.78, 5) is 29.4. The molecule has 1 aliphatic heterocycles. The molecule has 3 aromatic rings. The molecule has 0 radical (unpaired) electrons. The maximum atomic E-state index is 13.4. The number of carbonyl (C=O) groups is 2. The van der Waals surface area contributed by atoms with Crippen molar-refractivity contribution < 1.29 is 23.5 Å². The van der Waals surface area contributed by atoms with Gasteiger partial charge in [-0.1, -0.05) is 32.4 Å². The molecule has 9 nitrogen and oxygen atoms in total. The highest BCUT2D eigenvalue weighted by Crippen LogP contribution is 2.41. The van der Waals surface area contributed by atoms with Crippen molar-refractivity contribution in [3.8, 4) is 11.6 Å². The van der Waals surface area contributed by atoms with Gasteiger partial charge >= 0.3 is 5.91 Å². The summed E-state index contributed by atoms with van der Waals surface area (Å²) in [5.74, 6) is 0.00160. The Hall–Kier alpha value is -2.82. The number of furan rings is 1. The number of rotatable bonds is 6. The Labute approximate surface area is 212 Å². The van der Waals surface area contributed by atoms with E-state index in [4.69, 9.17) is 25.5 Å². The van der Waals surface area contributed by atoms with Crippen LogP contribution in [0.5, 0.6) is 11.6 Å². The molecule has 1 N–H and O–H groups in total. The molecule has 1 aliphatic rings. The van der Waals surface area contributed by atoms with E-state index >= 15 is 0 Å². The van der Waals surface area contributed by atoms with Gasteiger partial charge in [-0.15, -0.1) is 11.3 Å². The predicted octanol–water partition coefficient (Wildman–Crippen LogP) is 4.37. The number of nitrogens with zero attached hydrogens (tertiary/aromatic N) is 3. The van der Waals surface area contributed by atoms with Crippen molar-refractivity contribution in [2.24, 2.45) is 5.41 Å². The minimum Gasteiger partial charge on any atom is -0.490 e. The third kappa shape index (κ3) is 5.10. The van der Waals surface area contributed by atoms with Gasteiger partial charge in [0.1, 0.15) is 12.3 Å². The van der Waals surface area contributed by atoms with Crippen molar-refractivity contribution >= 4 is 34.8 Å². The Bertz CT molecular complexity index is 1200. The number of hydrogen-bond donors (Lipinski definition) is 1. The van der Waals surface area contributed by atoms with Gasteiger partial charge in [-0.2, -0.15) is 9.78 Å². The summed E-state index contributed by atoms with van der Waals surface area (Å²) in [6.45, 7) is 8.94. The zero-order valence-corrected chi connectivity index (χ0v) is 21.9. The van der Waals surface area contributed by atoms with E-state index in [1.807, 2.05) is 33.8 Å². The molecule has 35 heavy (non-hydrogen) atoms. The first kappa shape index (κ1) is 25.3. The third-order valence-corrected chi connectivity index (χ3v) is 6.95. The SMILES string of the molecule is COc1c(C2C(C)NCCN2C(=O)C(C)(C)C)nn(C(=O)c2ccco2)c1OCc1ccc(Cl)s1. The Balaban J connectivity index is 1.81. The van der Waals surface area contributed by atoms with Gasteiger partial charge in [-0.25, -0.2) is 0 Å².